The van der Waals surface area contributed by atoms with Crippen molar-refractivity contribution >= 4 is 23.3 Å². The molecule has 0 aliphatic heterocycles. The molecule has 3 rings (SSSR count). The van der Waals surface area contributed by atoms with Gasteiger partial charge < -0.3 is 5.32 Å². The normalized spacial score (nSPS) is 11.2. The number of rotatable bonds is 6. The second-order valence-electron chi connectivity index (χ2n) is 5.82. The van der Waals surface area contributed by atoms with Gasteiger partial charge >= 0.3 is 0 Å². The third kappa shape index (κ3) is 4.48. The van der Waals surface area contributed by atoms with Gasteiger partial charge in [0.05, 0.1) is 6.54 Å². The predicted molar refractivity (Wildman–Crippen MR) is 93.3 cm³/mol. The van der Waals surface area contributed by atoms with Crippen LogP contribution in [-0.4, -0.2) is 25.5 Å². The first-order valence-corrected chi connectivity index (χ1v) is 8.30. The SMILES string of the molecule is Cc1cc(C(F)F)nn1CC(=O)Nc1ccn(Cc2c(F)cccc2Cl)n1. The molecule has 0 aliphatic rings. The van der Waals surface area contributed by atoms with E-state index in [1.165, 1.54) is 33.6 Å². The summed E-state index contributed by atoms with van der Waals surface area (Å²) < 4.78 is 41.8. The van der Waals surface area contributed by atoms with Gasteiger partial charge in [0.15, 0.2) is 5.82 Å². The number of amides is 1. The second-order valence-corrected chi connectivity index (χ2v) is 6.22. The number of nitrogens with one attached hydrogen (secondary N) is 1. The molecule has 2 heterocycles. The second kappa shape index (κ2) is 7.83. The molecular formula is C17H15ClF3N5O. The fraction of sp³-hybridized carbons (Fsp3) is 0.235. The van der Waals surface area contributed by atoms with Crippen LogP contribution in [0.3, 0.4) is 0 Å². The molecule has 0 radical (unpaired) electrons. The largest absolute Gasteiger partial charge is 0.308 e. The Morgan fingerprint density at radius 2 is 2.07 bits per heavy atom. The minimum atomic E-state index is -2.70. The van der Waals surface area contributed by atoms with Gasteiger partial charge in [-0.2, -0.15) is 10.2 Å². The number of carbonyl (C=O) groups is 1. The van der Waals surface area contributed by atoms with Gasteiger partial charge in [0, 0.05) is 28.5 Å². The van der Waals surface area contributed by atoms with Gasteiger partial charge in [0.25, 0.3) is 6.43 Å². The van der Waals surface area contributed by atoms with Crippen molar-refractivity contribution in [3.63, 3.8) is 0 Å². The maximum absolute atomic E-state index is 13.8. The quantitative estimate of drug-likeness (QED) is 0.688. The molecular weight excluding hydrogens is 383 g/mol. The van der Waals surface area contributed by atoms with Crippen LogP contribution in [0.25, 0.3) is 0 Å². The Morgan fingerprint density at radius 1 is 1.30 bits per heavy atom. The molecule has 0 aliphatic carbocycles. The Labute approximate surface area is 157 Å². The van der Waals surface area contributed by atoms with Crippen molar-refractivity contribution in [3.8, 4) is 0 Å². The van der Waals surface area contributed by atoms with Crippen molar-refractivity contribution in [2.75, 3.05) is 5.32 Å². The van der Waals surface area contributed by atoms with E-state index in [0.29, 0.717) is 5.69 Å². The van der Waals surface area contributed by atoms with Crippen LogP contribution in [0.4, 0.5) is 19.0 Å². The molecule has 0 unspecified atom stereocenters. The fourth-order valence-corrected chi connectivity index (χ4v) is 2.71. The van der Waals surface area contributed by atoms with E-state index in [1.807, 2.05) is 0 Å². The van der Waals surface area contributed by atoms with Crippen LogP contribution >= 0.6 is 11.6 Å². The Balaban J connectivity index is 1.64. The lowest BCUT2D eigenvalue weighted by molar-refractivity contribution is -0.117. The summed E-state index contributed by atoms with van der Waals surface area (Å²) in [5, 5.41) is 10.7. The molecule has 0 saturated carbocycles. The standard InChI is InChI=1S/C17H15ClF3N5O/c1-10-7-14(17(20)21)23-26(10)9-16(27)22-15-5-6-25(24-15)8-11-12(18)3-2-4-13(11)19/h2-7,17H,8-9H2,1H3,(H,22,24,27). The van der Waals surface area contributed by atoms with Crippen molar-refractivity contribution < 1.29 is 18.0 Å². The maximum atomic E-state index is 13.8. The van der Waals surface area contributed by atoms with Crippen LogP contribution in [0.15, 0.2) is 36.5 Å². The molecule has 10 heteroatoms. The lowest BCUT2D eigenvalue weighted by Crippen LogP contribution is -2.20. The summed E-state index contributed by atoms with van der Waals surface area (Å²) in [6.07, 6.45) is -1.14. The number of aryl methyl sites for hydroxylation is 1. The van der Waals surface area contributed by atoms with Crippen molar-refractivity contribution in [2.45, 2.75) is 26.4 Å². The third-order valence-electron chi connectivity index (χ3n) is 3.81. The number of carbonyl (C=O) groups excluding carboxylic acids is 1. The topological polar surface area (TPSA) is 64.7 Å². The van der Waals surface area contributed by atoms with Crippen LogP contribution in [0.2, 0.25) is 5.02 Å². The molecule has 0 saturated heterocycles. The number of alkyl halides is 2. The fourth-order valence-electron chi connectivity index (χ4n) is 2.48. The molecule has 27 heavy (non-hydrogen) atoms. The van der Waals surface area contributed by atoms with E-state index in [9.17, 15) is 18.0 Å². The number of nitrogens with zero attached hydrogens (tertiary/aromatic N) is 4. The summed E-state index contributed by atoms with van der Waals surface area (Å²) in [6, 6.07) is 7.14. The van der Waals surface area contributed by atoms with Gasteiger partial charge in [0.1, 0.15) is 18.1 Å². The average molecular weight is 398 g/mol. The van der Waals surface area contributed by atoms with Gasteiger partial charge in [-0.05, 0) is 25.1 Å². The average Bonchev–Trinajstić information content (AvgIpc) is 3.18. The molecule has 0 bridgehead atoms. The summed E-state index contributed by atoms with van der Waals surface area (Å²) in [7, 11) is 0. The van der Waals surface area contributed by atoms with Crippen LogP contribution in [0.1, 0.15) is 23.4 Å². The molecule has 142 valence electrons. The van der Waals surface area contributed by atoms with Crippen molar-refractivity contribution in [1.29, 1.82) is 0 Å². The highest BCUT2D eigenvalue weighted by atomic mass is 35.5. The minimum Gasteiger partial charge on any atom is -0.308 e. The zero-order valence-electron chi connectivity index (χ0n) is 14.2. The zero-order valence-corrected chi connectivity index (χ0v) is 14.9. The van der Waals surface area contributed by atoms with Crippen LogP contribution in [0.5, 0.6) is 0 Å². The van der Waals surface area contributed by atoms with Crippen molar-refractivity contribution in [3.05, 3.63) is 64.3 Å². The predicted octanol–water partition coefficient (Wildman–Crippen LogP) is 3.81. The number of benzene rings is 1. The summed E-state index contributed by atoms with van der Waals surface area (Å²) in [5.74, 6) is -0.685. The first-order chi connectivity index (χ1) is 12.8. The Bertz CT molecular complexity index is 949. The Kier molecular flexibility index (Phi) is 5.50. The highest BCUT2D eigenvalue weighted by Crippen LogP contribution is 2.20. The zero-order chi connectivity index (χ0) is 19.6. The van der Waals surface area contributed by atoms with E-state index in [2.05, 4.69) is 15.5 Å². The van der Waals surface area contributed by atoms with Gasteiger partial charge in [-0.25, -0.2) is 13.2 Å². The number of hydrogen-bond acceptors (Lipinski definition) is 3. The van der Waals surface area contributed by atoms with E-state index in [0.717, 1.165) is 0 Å². The highest BCUT2D eigenvalue weighted by molar-refractivity contribution is 6.31. The van der Waals surface area contributed by atoms with Gasteiger partial charge in [0.2, 0.25) is 5.91 Å². The highest BCUT2D eigenvalue weighted by Gasteiger charge is 2.16. The van der Waals surface area contributed by atoms with Gasteiger partial charge in [-0.3, -0.25) is 14.2 Å². The molecule has 1 aromatic carbocycles. The van der Waals surface area contributed by atoms with Gasteiger partial charge in [-0.1, -0.05) is 17.7 Å². The lowest BCUT2D eigenvalue weighted by atomic mass is 10.2. The maximum Gasteiger partial charge on any atom is 0.282 e. The molecule has 2 aromatic heterocycles. The molecule has 6 nitrogen and oxygen atoms in total. The van der Waals surface area contributed by atoms with Crippen LogP contribution in [0, 0.1) is 12.7 Å². The molecule has 0 spiro atoms. The Hall–Kier alpha value is -2.81. The monoisotopic (exact) mass is 397 g/mol. The first kappa shape index (κ1) is 19.0. The van der Waals surface area contributed by atoms with E-state index >= 15 is 0 Å². The molecule has 0 atom stereocenters. The van der Waals surface area contributed by atoms with Crippen LogP contribution in [-0.2, 0) is 17.9 Å². The number of halogens is 4. The van der Waals surface area contributed by atoms with Gasteiger partial charge in [-0.15, -0.1) is 0 Å². The Morgan fingerprint density at radius 3 is 2.74 bits per heavy atom. The number of hydrogen-bond donors (Lipinski definition) is 1. The molecule has 0 fully saturated rings. The molecule has 1 amide bonds. The number of anilines is 1. The molecule has 3 aromatic rings. The van der Waals surface area contributed by atoms with E-state index in [1.54, 1.807) is 19.2 Å². The van der Waals surface area contributed by atoms with E-state index in [-0.39, 0.29) is 35.2 Å². The first-order valence-electron chi connectivity index (χ1n) is 7.92. The van der Waals surface area contributed by atoms with Crippen molar-refractivity contribution in [2.24, 2.45) is 0 Å². The van der Waals surface area contributed by atoms with E-state index in [4.69, 9.17) is 11.6 Å². The summed E-state index contributed by atoms with van der Waals surface area (Å²) in [5.41, 5.74) is 0.346. The lowest BCUT2D eigenvalue weighted by Gasteiger charge is -2.06. The third-order valence-corrected chi connectivity index (χ3v) is 4.16. The summed E-state index contributed by atoms with van der Waals surface area (Å²) >= 11 is 5.99. The van der Waals surface area contributed by atoms with Crippen molar-refractivity contribution in [1.82, 2.24) is 19.6 Å². The summed E-state index contributed by atoms with van der Waals surface area (Å²) in [6.45, 7) is 1.45. The number of aromatic nitrogens is 4. The smallest absolute Gasteiger partial charge is 0.282 e. The molecule has 1 N–H and O–H groups in total. The van der Waals surface area contributed by atoms with E-state index < -0.39 is 18.1 Å². The van der Waals surface area contributed by atoms with Crippen LogP contribution < -0.4 is 5.32 Å². The minimum absolute atomic E-state index is 0.0946. The summed E-state index contributed by atoms with van der Waals surface area (Å²) in [4.78, 5) is 12.1.